The lowest BCUT2D eigenvalue weighted by atomic mass is 9.98. The number of carboxylic acids is 1. The maximum absolute atomic E-state index is 13.0. The first-order valence-electron chi connectivity index (χ1n) is 10.8. The molecule has 0 spiro atoms. The van der Waals surface area contributed by atoms with Gasteiger partial charge < -0.3 is 14.7 Å². The molecule has 0 radical (unpaired) electrons. The zero-order chi connectivity index (χ0) is 24.3. The predicted molar refractivity (Wildman–Crippen MR) is 124 cm³/mol. The quantitative estimate of drug-likeness (QED) is 0.584. The highest BCUT2D eigenvalue weighted by atomic mass is 32.2. The van der Waals surface area contributed by atoms with Crippen molar-refractivity contribution in [3.05, 3.63) is 46.6 Å². The van der Waals surface area contributed by atoms with Crippen molar-refractivity contribution >= 4 is 33.5 Å². The number of carbonyl (C=O) groups is 2. The van der Waals surface area contributed by atoms with E-state index in [-0.39, 0.29) is 40.5 Å². The molecule has 0 amide bonds. The van der Waals surface area contributed by atoms with E-state index in [1.165, 1.54) is 12.3 Å². The number of pyridine rings is 1. The molecule has 1 unspecified atom stereocenters. The number of hydrogen-bond donors (Lipinski definition) is 2. The lowest BCUT2D eigenvalue weighted by Crippen LogP contribution is -2.40. The molecule has 1 atom stereocenters. The smallest absolute Gasteiger partial charge is 0.339 e. The highest BCUT2D eigenvalue weighted by Crippen LogP contribution is 2.29. The number of hydrogen-bond acceptors (Lipinski definition) is 7. The van der Waals surface area contributed by atoms with Crippen LogP contribution in [0.3, 0.4) is 0 Å². The molecule has 10 heteroatoms. The van der Waals surface area contributed by atoms with Crippen LogP contribution in [0.1, 0.15) is 46.8 Å². The molecular weight excluding hydrogens is 446 g/mol. The lowest BCUT2D eigenvalue weighted by Gasteiger charge is -2.33. The summed E-state index contributed by atoms with van der Waals surface area (Å²) in [6.07, 6.45) is 2.64. The molecule has 2 N–H and O–H groups in total. The van der Waals surface area contributed by atoms with Crippen LogP contribution in [0.5, 0.6) is 0 Å². The van der Waals surface area contributed by atoms with E-state index in [4.69, 9.17) is 4.74 Å². The van der Waals surface area contributed by atoms with E-state index in [0.29, 0.717) is 31.5 Å². The van der Waals surface area contributed by atoms with Crippen LogP contribution in [0.4, 0.5) is 11.5 Å². The van der Waals surface area contributed by atoms with E-state index in [2.05, 4.69) is 9.71 Å². The van der Waals surface area contributed by atoms with Crippen molar-refractivity contribution in [3.63, 3.8) is 0 Å². The highest BCUT2D eigenvalue weighted by molar-refractivity contribution is 7.92. The maximum Gasteiger partial charge on any atom is 0.339 e. The molecule has 0 saturated carbocycles. The molecule has 9 nitrogen and oxygen atoms in total. The summed E-state index contributed by atoms with van der Waals surface area (Å²) < 4.78 is 33.5. The molecule has 33 heavy (non-hydrogen) atoms. The van der Waals surface area contributed by atoms with Crippen molar-refractivity contribution in [3.8, 4) is 0 Å². The third-order valence-electron chi connectivity index (χ3n) is 5.77. The van der Waals surface area contributed by atoms with Gasteiger partial charge in [-0.2, -0.15) is 0 Å². The number of aromatic carboxylic acids is 1. The van der Waals surface area contributed by atoms with Crippen molar-refractivity contribution in [2.45, 2.75) is 45.4 Å². The number of aromatic nitrogens is 1. The van der Waals surface area contributed by atoms with E-state index in [0.717, 1.165) is 11.1 Å². The molecule has 1 aliphatic rings. The van der Waals surface area contributed by atoms with Crippen molar-refractivity contribution < 1.29 is 27.9 Å². The van der Waals surface area contributed by atoms with Crippen molar-refractivity contribution in [1.29, 1.82) is 0 Å². The number of nitrogens with one attached hydrogen (secondary N) is 1. The van der Waals surface area contributed by atoms with Gasteiger partial charge in [-0.25, -0.2) is 18.2 Å². The van der Waals surface area contributed by atoms with Crippen LogP contribution >= 0.6 is 0 Å². The number of piperidine rings is 1. The maximum atomic E-state index is 13.0. The Bertz CT molecular complexity index is 1180. The van der Waals surface area contributed by atoms with E-state index in [1.807, 2.05) is 13.8 Å². The Balaban J connectivity index is 1.90. The molecule has 1 aromatic carbocycles. The van der Waals surface area contributed by atoms with Gasteiger partial charge in [-0.05, 0) is 69.4 Å². The first kappa shape index (κ1) is 24.5. The third kappa shape index (κ3) is 5.44. The zero-order valence-corrected chi connectivity index (χ0v) is 20.0. The highest BCUT2D eigenvalue weighted by Gasteiger charge is 2.30. The summed E-state index contributed by atoms with van der Waals surface area (Å²) in [5.74, 6) is -1.72. The topological polar surface area (TPSA) is 126 Å². The van der Waals surface area contributed by atoms with E-state index in [1.54, 1.807) is 30.9 Å². The van der Waals surface area contributed by atoms with Crippen LogP contribution in [0.2, 0.25) is 0 Å². The molecule has 1 saturated heterocycles. The number of rotatable bonds is 7. The summed E-state index contributed by atoms with van der Waals surface area (Å²) in [4.78, 5) is 30.2. The van der Waals surface area contributed by atoms with Gasteiger partial charge in [-0.1, -0.05) is 6.07 Å². The van der Waals surface area contributed by atoms with Crippen LogP contribution in [0.15, 0.2) is 29.3 Å². The summed E-state index contributed by atoms with van der Waals surface area (Å²) in [6.45, 7) is 8.29. The second kappa shape index (κ2) is 9.78. The first-order valence-corrected chi connectivity index (χ1v) is 12.3. The summed E-state index contributed by atoms with van der Waals surface area (Å²) in [5, 5.41) is 9.77. The average Bonchev–Trinajstić information content (AvgIpc) is 2.76. The Labute approximate surface area is 193 Å². The van der Waals surface area contributed by atoms with Crippen LogP contribution in [0.25, 0.3) is 0 Å². The summed E-state index contributed by atoms with van der Waals surface area (Å²) in [6, 6.07) is 4.65. The van der Waals surface area contributed by atoms with Crippen LogP contribution in [-0.4, -0.2) is 50.1 Å². The fraction of sp³-hybridized carbons (Fsp3) is 0.435. The minimum atomic E-state index is -3.95. The Hall–Kier alpha value is -3.14. The number of nitrogens with zero attached hydrogens (tertiary/aromatic N) is 2. The molecular formula is C23H29N3O6S. The Kier molecular flexibility index (Phi) is 7.26. The molecule has 1 aromatic heterocycles. The summed E-state index contributed by atoms with van der Waals surface area (Å²) >= 11 is 0. The van der Waals surface area contributed by atoms with Gasteiger partial charge in [0.25, 0.3) is 10.0 Å². The minimum Gasteiger partial charge on any atom is -0.478 e. The third-order valence-corrected chi connectivity index (χ3v) is 7.29. The Morgan fingerprint density at radius 1 is 1.18 bits per heavy atom. The number of carboxylic acid groups (broad SMARTS) is 1. The van der Waals surface area contributed by atoms with Crippen LogP contribution < -0.4 is 9.62 Å². The molecule has 3 rings (SSSR count). The fourth-order valence-electron chi connectivity index (χ4n) is 3.98. The molecule has 178 valence electrons. The van der Waals surface area contributed by atoms with Gasteiger partial charge in [0.15, 0.2) is 0 Å². The number of benzene rings is 1. The fourth-order valence-corrected chi connectivity index (χ4v) is 5.33. The second-order valence-electron chi connectivity index (χ2n) is 8.24. The zero-order valence-electron chi connectivity index (χ0n) is 19.2. The van der Waals surface area contributed by atoms with Crippen molar-refractivity contribution in [2.24, 2.45) is 5.92 Å². The standard InChI is InChI=1S/C23H29N3O6S/c1-5-32-23(29)17-7-6-8-26(13-17)21-19(22(27)28)11-18(12-24-21)25-33(30,31)20-10-15(3)14(2)9-16(20)4/h9-12,17,25H,5-8,13H2,1-4H3,(H,27,28). The number of carbonyl (C=O) groups excluding carboxylic acids is 1. The predicted octanol–water partition coefficient (Wildman–Crippen LogP) is 3.29. The van der Waals surface area contributed by atoms with Crippen LogP contribution in [0, 0.1) is 26.7 Å². The van der Waals surface area contributed by atoms with Gasteiger partial charge in [-0.3, -0.25) is 9.52 Å². The number of esters is 1. The van der Waals surface area contributed by atoms with Crippen LogP contribution in [-0.2, 0) is 19.6 Å². The van der Waals surface area contributed by atoms with Crippen molar-refractivity contribution in [1.82, 2.24) is 4.98 Å². The summed E-state index contributed by atoms with van der Waals surface area (Å²) in [7, 11) is -3.95. The summed E-state index contributed by atoms with van der Waals surface area (Å²) in [5.41, 5.74) is 2.31. The first-order chi connectivity index (χ1) is 15.5. The molecule has 2 heterocycles. The number of aryl methyl sites for hydroxylation is 3. The van der Waals surface area contributed by atoms with E-state index >= 15 is 0 Å². The molecule has 0 bridgehead atoms. The molecule has 2 aromatic rings. The van der Waals surface area contributed by atoms with E-state index < -0.39 is 16.0 Å². The largest absolute Gasteiger partial charge is 0.478 e. The molecule has 1 aliphatic heterocycles. The average molecular weight is 476 g/mol. The number of ether oxygens (including phenoxy) is 1. The number of sulfonamides is 1. The van der Waals surface area contributed by atoms with Gasteiger partial charge in [-0.15, -0.1) is 0 Å². The van der Waals surface area contributed by atoms with Gasteiger partial charge in [0, 0.05) is 13.1 Å². The molecule has 0 aliphatic carbocycles. The lowest BCUT2D eigenvalue weighted by molar-refractivity contribution is -0.148. The van der Waals surface area contributed by atoms with Crippen molar-refractivity contribution in [2.75, 3.05) is 29.3 Å². The Morgan fingerprint density at radius 2 is 1.88 bits per heavy atom. The normalized spacial score (nSPS) is 16.4. The van der Waals surface area contributed by atoms with Gasteiger partial charge in [0.2, 0.25) is 0 Å². The number of anilines is 2. The molecule has 1 fully saturated rings. The van der Waals surface area contributed by atoms with Gasteiger partial charge in [0.05, 0.1) is 29.3 Å². The van der Waals surface area contributed by atoms with Gasteiger partial charge in [0.1, 0.15) is 11.4 Å². The monoisotopic (exact) mass is 475 g/mol. The van der Waals surface area contributed by atoms with E-state index in [9.17, 15) is 23.1 Å². The Morgan fingerprint density at radius 3 is 2.55 bits per heavy atom. The SMILES string of the molecule is CCOC(=O)C1CCCN(c2ncc(NS(=O)(=O)c3cc(C)c(C)cc3C)cc2C(=O)O)C1. The minimum absolute atomic E-state index is 0.0488. The second-order valence-corrected chi connectivity index (χ2v) is 9.90. The van der Waals surface area contributed by atoms with Gasteiger partial charge >= 0.3 is 11.9 Å².